The van der Waals surface area contributed by atoms with E-state index in [0.717, 1.165) is 27.8 Å². The topological polar surface area (TPSA) is 38.7 Å². The summed E-state index contributed by atoms with van der Waals surface area (Å²) in [6.45, 7) is 0. The van der Waals surface area contributed by atoms with Gasteiger partial charge in [0.1, 0.15) is 0 Å². The lowest BCUT2D eigenvalue weighted by atomic mass is 9.97. The van der Waals surface area contributed by atoms with E-state index in [1.165, 1.54) is 62.6 Å². The highest BCUT2D eigenvalue weighted by Gasteiger charge is 2.18. The van der Waals surface area contributed by atoms with Gasteiger partial charge in [0.2, 0.25) is 0 Å². The SMILES string of the molecule is c1ccc(-c2ccc(-c3nc(-c4ccc(-c5ccccc5)cc4)nc(-c4ccc5c(c4)sc4cccc(-c6cccc7c6sc6ccccc67)c45)n3)cc2)cc1. The minimum absolute atomic E-state index is 0.645. The van der Waals surface area contributed by atoms with Gasteiger partial charge in [-0.3, -0.25) is 0 Å². The fraction of sp³-hybridized carbons (Fsp3) is 0. The van der Waals surface area contributed by atoms with Gasteiger partial charge in [0, 0.05) is 62.6 Å². The molecule has 0 aliphatic carbocycles. The molecule has 0 saturated carbocycles. The first-order chi connectivity index (χ1) is 27.7. The molecule has 3 aromatic heterocycles. The van der Waals surface area contributed by atoms with Crippen molar-refractivity contribution in [3.8, 4) is 67.5 Å². The van der Waals surface area contributed by atoms with Gasteiger partial charge in [-0.25, -0.2) is 15.0 Å². The van der Waals surface area contributed by atoms with Crippen LogP contribution in [-0.2, 0) is 0 Å². The van der Waals surface area contributed by atoms with Gasteiger partial charge in [-0.1, -0.05) is 170 Å². The maximum absolute atomic E-state index is 5.13. The number of hydrogen-bond donors (Lipinski definition) is 0. The molecule has 0 aliphatic heterocycles. The van der Waals surface area contributed by atoms with E-state index in [-0.39, 0.29) is 0 Å². The Labute approximate surface area is 331 Å². The normalized spacial score (nSPS) is 11.6. The van der Waals surface area contributed by atoms with Gasteiger partial charge < -0.3 is 0 Å². The van der Waals surface area contributed by atoms with Crippen molar-refractivity contribution < 1.29 is 0 Å². The van der Waals surface area contributed by atoms with E-state index in [4.69, 9.17) is 15.0 Å². The molecule has 0 atom stereocenters. The first kappa shape index (κ1) is 32.6. The molecule has 5 heteroatoms. The molecule has 0 aliphatic rings. The Hall–Kier alpha value is -6.79. The van der Waals surface area contributed by atoms with E-state index in [0.29, 0.717) is 17.5 Å². The van der Waals surface area contributed by atoms with Crippen LogP contribution >= 0.6 is 22.7 Å². The molecule has 8 aromatic carbocycles. The third kappa shape index (κ3) is 5.68. The van der Waals surface area contributed by atoms with E-state index in [9.17, 15) is 0 Å². The van der Waals surface area contributed by atoms with E-state index in [2.05, 4.69) is 176 Å². The van der Waals surface area contributed by atoms with Gasteiger partial charge in [-0.15, -0.1) is 22.7 Å². The number of benzene rings is 8. The van der Waals surface area contributed by atoms with E-state index < -0.39 is 0 Å². The van der Waals surface area contributed by atoms with Crippen molar-refractivity contribution in [1.82, 2.24) is 15.0 Å². The van der Waals surface area contributed by atoms with Crippen LogP contribution in [0, 0.1) is 0 Å². The van der Waals surface area contributed by atoms with Crippen LogP contribution in [0.3, 0.4) is 0 Å². The Morgan fingerprint density at radius 1 is 0.286 bits per heavy atom. The third-order valence-electron chi connectivity index (χ3n) is 10.6. The molecule has 0 bridgehead atoms. The lowest BCUT2D eigenvalue weighted by Gasteiger charge is -2.10. The van der Waals surface area contributed by atoms with Crippen LogP contribution in [0.2, 0.25) is 0 Å². The van der Waals surface area contributed by atoms with Crippen LogP contribution < -0.4 is 0 Å². The number of hydrogen-bond acceptors (Lipinski definition) is 5. The number of rotatable bonds is 6. The molecule has 0 amide bonds. The van der Waals surface area contributed by atoms with Crippen LogP contribution in [0.5, 0.6) is 0 Å². The first-order valence-corrected chi connectivity index (χ1v) is 20.3. The predicted molar refractivity (Wildman–Crippen MR) is 238 cm³/mol. The molecule has 11 rings (SSSR count). The van der Waals surface area contributed by atoms with Crippen molar-refractivity contribution in [3.05, 3.63) is 188 Å². The lowest BCUT2D eigenvalue weighted by Crippen LogP contribution is -2.00. The monoisotopic (exact) mass is 749 g/mol. The molecule has 3 nitrogen and oxygen atoms in total. The summed E-state index contributed by atoms with van der Waals surface area (Å²) in [6, 6.07) is 66.7. The zero-order valence-corrected chi connectivity index (χ0v) is 31.7. The average Bonchev–Trinajstić information content (AvgIpc) is 3.85. The maximum Gasteiger partial charge on any atom is 0.164 e. The number of aromatic nitrogens is 3. The van der Waals surface area contributed by atoms with Gasteiger partial charge >= 0.3 is 0 Å². The Bertz CT molecular complexity index is 3120. The van der Waals surface area contributed by atoms with Gasteiger partial charge in [0.15, 0.2) is 17.5 Å². The van der Waals surface area contributed by atoms with Gasteiger partial charge in [0.05, 0.1) is 0 Å². The van der Waals surface area contributed by atoms with Crippen molar-refractivity contribution in [2.24, 2.45) is 0 Å². The van der Waals surface area contributed by atoms with E-state index >= 15 is 0 Å². The van der Waals surface area contributed by atoms with Crippen molar-refractivity contribution in [2.45, 2.75) is 0 Å². The summed E-state index contributed by atoms with van der Waals surface area (Å²) in [5.74, 6) is 1.94. The molecule has 3 heterocycles. The molecule has 0 saturated heterocycles. The summed E-state index contributed by atoms with van der Waals surface area (Å²) in [6.07, 6.45) is 0. The molecule has 0 radical (unpaired) electrons. The summed E-state index contributed by atoms with van der Waals surface area (Å²) in [4.78, 5) is 15.3. The Balaban J connectivity index is 1.04. The highest BCUT2D eigenvalue weighted by atomic mass is 32.1. The van der Waals surface area contributed by atoms with Crippen molar-refractivity contribution >= 4 is 63.0 Å². The van der Waals surface area contributed by atoms with Crippen LogP contribution in [-0.4, -0.2) is 15.0 Å². The molecule has 0 unspecified atom stereocenters. The molecular formula is C51H31N3S2. The quantitative estimate of drug-likeness (QED) is 0.170. The minimum Gasteiger partial charge on any atom is -0.208 e. The fourth-order valence-corrected chi connectivity index (χ4v) is 10.2. The zero-order valence-electron chi connectivity index (χ0n) is 30.1. The Morgan fingerprint density at radius 3 is 1.43 bits per heavy atom. The molecule has 11 aromatic rings. The Kier molecular flexibility index (Phi) is 7.87. The summed E-state index contributed by atoms with van der Waals surface area (Å²) < 4.78 is 5.12. The predicted octanol–water partition coefficient (Wildman–Crippen LogP) is 14.6. The second-order valence-corrected chi connectivity index (χ2v) is 16.1. The Morgan fingerprint density at radius 2 is 0.768 bits per heavy atom. The van der Waals surface area contributed by atoms with Gasteiger partial charge in [0.25, 0.3) is 0 Å². The molecule has 56 heavy (non-hydrogen) atoms. The summed E-state index contributed by atoms with van der Waals surface area (Å²) in [5.41, 5.74) is 10.0. The van der Waals surface area contributed by atoms with Gasteiger partial charge in [-0.2, -0.15) is 0 Å². The van der Waals surface area contributed by atoms with Crippen LogP contribution in [0.15, 0.2) is 188 Å². The highest BCUT2D eigenvalue weighted by Crippen LogP contribution is 2.46. The number of nitrogens with zero attached hydrogens (tertiary/aromatic N) is 3. The third-order valence-corrected chi connectivity index (χ3v) is 12.9. The average molecular weight is 750 g/mol. The van der Waals surface area contributed by atoms with Crippen molar-refractivity contribution in [1.29, 1.82) is 0 Å². The van der Waals surface area contributed by atoms with E-state index in [1.54, 1.807) is 0 Å². The largest absolute Gasteiger partial charge is 0.208 e. The molecule has 0 N–H and O–H groups in total. The van der Waals surface area contributed by atoms with E-state index in [1.807, 2.05) is 34.8 Å². The zero-order chi connectivity index (χ0) is 37.0. The van der Waals surface area contributed by atoms with Crippen molar-refractivity contribution in [3.63, 3.8) is 0 Å². The summed E-state index contributed by atoms with van der Waals surface area (Å²) in [5, 5.41) is 5.16. The molecule has 262 valence electrons. The smallest absolute Gasteiger partial charge is 0.164 e. The fourth-order valence-electron chi connectivity index (χ4n) is 7.80. The first-order valence-electron chi connectivity index (χ1n) is 18.7. The molecule has 0 spiro atoms. The summed E-state index contributed by atoms with van der Waals surface area (Å²) >= 11 is 3.70. The highest BCUT2D eigenvalue weighted by molar-refractivity contribution is 7.26. The van der Waals surface area contributed by atoms with Gasteiger partial charge in [-0.05, 0) is 46.0 Å². The molecule has 0 fully saturated rings. The van der Waals surface area contributed by atoms with Crippen molar-refractivity contribution in [2.75, 3.05) is 0 Å². The minimum atomic E-state index is 0.645. The van der Waals surface area contributed by atoms with Crippen LogP contribution in [0.25, 0.3) is 108 Å². The number of fused-ring (bicyclic) bond motifs is 6. The maximum atomic E-state index is 5.13. The standard InChI is InChI=1S/C51H31N3S2/c1-3-11-32(12-4-1)34-21-25-36(26-22-34)49-52-50(37-27-23-35(24-28-37)33-13-5-2-6-14-33)54-51(53-49)38-29-30-43-46(31-38)55-45-20-10-16-40(47(43)45)42-18-9-17-41-39-15-7-8-19-44(39)56-48(41)42/h1-31H. The van der Waals surface area contributed by atoms with Crippen LogP contribution in [0.4, 0.5) is 0 Å². The second kappa shape index (κ2) is 13.5. The van der Waals surface area contributed by atoms with Crippen LogP contribution in [0.1, 0.15) is 0 Å². The number of thiophene rings is 2. The lowest BCUT2D eigenvalue weighted by molar-refractivity contribution is 1.07. The second-order valence-electron chi connectivity index (χ2n) is 14.0. The molecular weight excluding hydrogens is 719 g/mol. The summed E-state index contributed by atoms with van der Waals surface area (Å²) in [7, 11) is 0.